The minimum Gasteiger partial charge on any atom is -0.425 e. The second-order valence-corrected chi connectivity index (χ2v) is 5.24. The van der Waals surface area contributed by atoms with Gasteiger partial charge in [0.1, 0.15) is 12.3 Å². The molecule has 0 aromatic heterocycles. The standard InChI is InChI=1S/C17H16ClNO3/c1-12-5-4-7-14(9-12)22-17(21)11-19-16(20)10-13-6-2-3-8-15(13)18/h2-9H,10-11H2,1H3,(H,19,20). The van der Waals surface area contributed by atoms with Crippen LogP contribution < -0.4 is 10.1 Å². The zero-order chi connectivity index (χ0) is 15.9. The SMILES string of the molecule is Cc1cccc(OC(=O)CNC(=O)Cc2ccccc2Cl)c1. The number of aryl methyl sites for hydroxylation is 1. The fourth-order valence-electron chi connectivity index (χ4n) is 1.89. The molecule has 0 aliphatic heterocycles. The van der Waals surface area contributed by atoms with E-state index in [0.717, 1.165) is 5.56 Å². The molecule has 5 heteroatoms. The molecule has 0 fully saturated rings. The predicted molar refractivity (Wildman–Crippen MR) is 85.0 cm³/mol. The highest BCUT2D eigenvalue weighted by Gasteiger charge is 2.10. The zero-order valence-corrected chi connectivity index (χ0v) is 12.9. The number of rotatable bonds is 5. The van der Waals surface area contributed by atoms with E-state index in [-0.39, 0.29) is 18.9 Å². The van der Waals surface area contributed by atoms with Gasteiger partial charge in [0.15, 0.2) is 0 Å². The number of hydrogen-bond acceptors (Lipinski definition) is 3. The van der Waals surface area contributed by atoms with Crippen molar-refractivity contribution in [3.05, 3.63) is 64.7 Å². The fourth-order valence-corrected chi connectivity index (χ4v) is 2.10. The first kappa shape index (κ1) is 16.0. The van der Waals surface area contributed by atoms with Crippen LogP contribution in [0.3, 0.4) is 0 Å². The lowest BCUT2D eigenvalue weighted by Crippen LogP contribution is -2.32. The maximum atomic E-state index is 11.8. The number of hydrogen-bond donors (Lipinski definition) is 1. The molecule has 1 N–H and O–H groups in total. The normalized spacial score (nSPS) is 10.1. The third kappa shape index (κ3) is 4.90. The van der Waals surface area contributed by atoms with E-state index < -0.39 is 5.97 Å². The number of amides is 1. The molecule has 2 aromatic rings. The van der Waals surface area contributed by atoms with Crippen LogP contribution in [0.15, 0.2) is 48.5 Å². The Balaban J connectivity index is 1.81. The Morgan fingerprint density at radius 2 is 1.91 bits per heavy atom. The molecule has 0 aliphatic carbocycles. The third-order valence-electron chi connectivity index (χ3n) is 2.96. The van der Waals surface area contributed by atoms with E-state index in [1.165, 1.54) is 0 Å². The third-order valence-corrected chi connectivity index (χ3v) is 3.33. The number of esters is 1. The molecule has 4 nitrogen and oxygen atoms in total. The average molecular weight is 318 g/mol. The van der Waals surface area contributed by atoms with Crippen LogP contribution in [-0.4, -0.2) is 18.4 Å². The predicted octanol–water partition coefficient (Wildman–Crippen LogP) is 2.91. The highest BCUT2D eigenvalue weighted by atomic mass is 35.5. The number of halogens is 1. The first-order valence-corrected chi connectivity index (χ1v) is 7.20. The van der Waals surface area contributed by atoms with Crippen LogP contribution in [0.5, 0.6) is 5.75 Å². The van der Waals surface area contributed by atoms with Crippen LogP contribution in [-0.2, 0) is 16.0 Å². The Hall–Kier alpha value is -2.33. The summed E-state index contributed by atoms with van der Waals surface area (Å²) in [5.74, 6) is -0.335. The monoisotopic (exact) mass is 317 g/mol. The molecule has 0 bridgehead atoms. The Morgan fingerprint density at radius 1 is 1.14 bits per heavy atom. The summed E-state index contributed by atoms with van der Waals surface area (Å²) >= 11 is 5.98. The molecule has 1 amide bonds. The highest BCUT2D eigenvalue weighted by molar-refractivity contribution is 6.31. The number of benzene rings is 2. The van der Waals surface area contributed by atoms with Gasteiger partial charge in [0, 0.05) is 5.02 Å². The number of carbonyl (C=O) groups excluding carboxylic acids is 2. The smallest absolute Gasteiger partial charge is 0.330 e. The fraction of sp³-hybridized carbons (Fsp3) is 0.176. The van der Waals surface area contributed by atoms with Crippen molar-refractivity contribution in [3.63, 3.8) is 0 Å². The molecule has 0 heterocycles. The van der Waals surface area contributed by atoms with E-state index >= 15 is 0 Å². The molecular weight excluding hydrogens is 302 g/mol. The summed E-state index contributed by atoms with van der Waals surface area (Å²) in [6.45, 7) is 1.72. The molecule has 0 unspecified atom stereocenters. The van der Waals surface area contributed by atoms with Gasteiger partial charge in [0.25, 0.3) is 0 Å². The maximum absolute atomic E-state index is 11.8. The van der Waals surface area contributed by atoms with E-state index in [9.17, 15) is 9.59 Å². The molecule has 114 valence electrons. The van der Waals surface area contributed by atoms with Crippen LogP contribution in [0, 0.1) is 6.92 Å². The Bertz CT molecular complexity index is 685. The van der Waals surface area contributed by atoms with Crippen LogP contribution in [0.4, 0.5) is 0 Å². The molecule has 2 rings (SSSR count). The van der Waals surface area contributed by atoms with Crippen molar-refractivity contribution in [3.8, 4) is 5.75 Å². The highest BCUT2D eigenvalue weighted by Crippen LogP contribution is 2.15. The Kier molecular flexibility index (Phi) is 5.55. The first-order chi connectivity index (χ1) is 10.5. The summed E-state index contributed by atoms with van der Waals surface area (Å²) in [5, 5.41) is 3.05. The van der Waals surface area contributed by atoms with Gasteiger partial charge in [0.2, 0.25) is 5.91 Å². The quantitative estimate of drug-likeness (QED) is 0.681. The molecule has 22 heavy (non-hydrogen) atoms. The van der Waals surface area contributed by atoms with E-state index in [2.05, 4.69) is 5.32 Å². The summed E-state index contributed by atoms with van der Waals surface area (Å²) in [7, 11) is 0. The van der Waals surface area contributed by atoms with Crippen molar-refractivity contribution in [2.45, 2.75) is 13.3 Å². The van der Waals surface area contributed by atoms with Crippen molar-refractivity contribution in [1.29, 1.82) is 0 Å². The van der Waals surface area contributed by atoms with Gasteiger partial charge in [-0.1, -0.05) is 41.9 Å². The molecule has 2 aromatic carbocycles. The van der Waals surface area contributed by atoms with E-state index in [1.807, 2.05) is 13.0 Å². The van der Waals surface area contributed by atoms with Crippen LogP contribution in [0.1, 0.15) is 11.1 Å². The topological polar surface area (TPSA) is 55.4 Å². The lowest BCUT2D eigenvalue weighted by Gasteiger charge is -2.07. The molecule has 0 spiro atoms. The van der Waals surface area contributed by atoms with E-state index in [1.54, 1.807) is 42.5 Å². The van der Waals surface area contributed by atoms with Crippen LogP contribution in [0.25, 0.3) is 0 Å². The van der Waals surface area contributed by atoms with Gasteiger partial charge < -0.3 is 10.1 Å². The Morgan fingerprint density at radius 3 is 2.64 bits per heavy atom. The molecule has 0 aliphatic rings. The lowest BCUT2D eigenvalue weighted by molar-refractivity contribution is -0.135. The second kappa shape index (κ2) is 7.61. The van der Waals surface area contributed by atoms with Crippen LogP contribution in [0.2, 0.25) is 5.02 Å². The lowest BCUT2D eigenvalue weighted by atomic mass is 10.1. The number of nitrogens with one attached hydrogen (secondary N) is 1. The van der Waals surface area contributed by atoms with Gasteiger partial charge in [-0.05, 0) is 36.2 Å². The molecule has 0 saturated heterocycles. The van der Waals surface area contributed by atoms with Crippen molar-refractivity contribution < 1.29 is 14.3 Å². The molecule has 0 atom stereocenters. The van der Waals surface area contributed by atoms with E-state index in [0.29, 0.717) is 16.3 Å². The first-order valence-electron chi connectivity index (χ1n) is 6.82. The van der Waals surface area contributed by atoms with Gasteiger partial charge in [-0.3, -0.25) is 4.79 Å². The van der Waals surface area contributed by atoms with Gasteiger partial charge >= 0.3 is 5.97 Å². The molecular formula is C17H16ClNO3. The summed E-state index contributed by atoms with van der Waals surface area (Å²) in [6, 6.07) is 14.2. The van der Waals surface area contributed by atoms with E-state index in [4.69, 9.17) is 16.3 Å². The average Bonchev–Trinajstić information content (AvgIpc) is 2.48. The maximum Gasteiger partial charge on any atom is 0.330 e. The molecule has 0 saturated carbocycles. The van der Waals surface area contributed by atoms with Gasteiger partial charge in [0.05, 0.1) is 6.42 Å². The van der Waals surface area contributed by atoms with Crippen molar-refractivity contribution >= 4 is 23.5 Å². The zero-order valence-electron chi connectivity index (χ0n) is 12.1. The summed E-state index contributed by atoms with van der Waals surface area (Å²) < 4.78 is 5.14. The second-order valence-electron chi connectivity index (χ2n) is 4.84. The van der Waals surface area contributed by atoms with Gasteiger partial charge in [-0.2, -0.15) is 0 Å². The Labute approximate surface area is 134 Å². The van der Waals surface area contributed by atoms with Gasteiger partial charge in [-0.25, -0.2) is 4.79 Å². The minimum atomic E-state index is -0.516. The van der Waals surface area contributed by atoms with Gasteiger partial charge in [-0.15, -0.1) is 0 Å². The summed E-state index contributed by atoms with van der Waals surface area (Å²) in [5.41, 5.74) is 1.71. The number of carbonyl (C=O) groups is 2. The summed E-state index contributed by atoms with van der Waals surface area (Å²) in [4.78, 5) is 23.5. The minimum absolute atomic E-state index is 0.122. The largest absolute Gasteiger partial charge is 0.425 e. The molecule has 0 radical (unpaired) electrons. The van der Waals surface area contributed by atoms with Crippen molar-refractivity contribution in [2.24, 2.45) is 0 Å². The van der Waals surface area contributed by atoms with Crippen LogP contribution >= 0.6 is 11.6 Å². The summed E-state index contributed by atoms with van der Waals surface area (Å²) in [6.07, 6.45) is 0.122. The van der Waals surface area contributed by atoms with Crippen molar-refractivity contribution in [2.75, 3.05) is 6.54 Å². The number of ether oxygens (including phenoxy) is 1. The van der Waals surface area contributed by atoms with Crippen molar-refractivity contribution in [1.82, 2.24) is 5.32 Å².